The Labute approximate surface area is 147 Å². The van der Waals surface area contributed by atoms with Crippen LogP contribution in [0.2, 0.25) is 0 Å². The third-order valence-electron chi connectivity index (χ3n) is 4.56. The van der Waals surface area contributed by atoms with E-state index in [2.05, 4.69) is 9.97 Å². The predicted octanol–water partition coefficient (Wildman–Crippen LogP) is 1.83. The zero-order valence-electron chi connectivity index (χ0n) is 15.1. The number of anilines is 1. The van der Waals surface area contributed by atoms with Crippen molar-refractivity contribution in [1.29, 1.82) is 0 Å². The van der Waals surface area contributed by atoms with E-state index in [1.54, 1.807) is 15.9 Å². The van der Waals surface area contributed by atoms with Crippen LogP contribution in [0.15, 0.2) is 6.07 Å². The molecular formula is C17H24N4O4. The van der Waals surface area contributed by atoms with Crippen LogP contribution in [-0.4, -0.2) is 59.3 Å². The molecule has 3 heterocycles. The maximum atomic E-state index is 12.3. The second kappa shape index (κ2) is 6.59. The Hall–Kier alpha value is -2.22. The Balaban J connectivity index is 1.94. The number of cyclic esters (lactones) is 1. The summed E-state index contributed by atoms with van der Waals surface area (Å²) in [5, 5.41) is 0. The van der Waals surface area contributed by atoms with Crippen molar-refractivity contribution in [2.24, 2.45) is 0 Å². The van der Waals surface area contributed by atoms with E-state index >= 15 is 0 Å². The largest absolute Gasteiger partial charge is 0.447 e. The summed E-state index contributed by atoms with van der Waals surface area (Å²) in [6.07, 6.45) is 1.28. The van der Waals surface area contributed by atoms with Gasteiger partial charge in [0.1, 0.15) is 19.0 Å². The van der Waals surface area contributed by atoms with E-state index < -0.39 is 11.6 Å². The van der Waals surface area contributed by atoms with E-state index in [0.717, 1.165) is 18.5 Å². The molecule has 2 fully saturated rings. The second-order valence-electron chi connectivity index (χ2n) is 7.11. The smallest absolute Gasteiger partial charge is 0.416 e. The summed E-state index contributed by atoms with van der Waals surface area (Å²) in [7, 11) is 1.51. The molecule has 2 aliphatic heterocycles. The van der Waals surface area contributed by atoms with E-state index in [4.69, 9.17) is 9.47 Å². The lowest BCUT2D eigenvalue weighted by atomic mass is 10.1. The van der Waals surface area contributed by atoms with Crippen molar-refractivity contribution in [1.82, 2.24) is 14.9 Å². The lowest BCUT2D eigenvalue weighted by molar-refractivity contribution is -0.136. The number of carbonyl (C=O) groups excluding carboxylic acids is 2. The highest BCUT2D eigenvalue weighted by atomic mass is 16.6. The molecule has 8 nitrogen and oxygen atoms in total. The van der Waals surface area contributed by atoms with Gasteiger partial charge in [-0.25, -0.2) is 14.8 Å². The van der Waals surface area contributed by atoms with Gasteiger partial charge in [0.25, 0.3) is 0 Å². The van der Waals surface area contributed by atoms with Gasteiger partial charge in [-0.1, -0.05) is 0 Å². The van der Waals surface area contributed by atoms with Gasteiger partial charge in [0.2, 0.25) is 5.91 Å². The van der Waals surface area contributed by atoms with Crippen LogP contribution >= 0.6 is 0 Å². The fraction of sp³-hybridized carbons (Fsp3) is 0.647. The first-order chi connectivity index (χ1) is 11.8. The standard InChI is InChI=1S/C17H24N4O4/c1-11-8-13(21-16(23)25-10-17(21,2)3)19-15(18-11)12-6-5-7-20(12)14(22)9-24-4/h8,12H,5-7,9-10H2,1-4H3/t12-/m0/s1. The number of nitrogens with zero attached hydrogens (tertiary/aromatic N) is 4. The first kappa shape index (κ1) is 17.6. The van der Waals surface area contributed by atoms with Gasteiger partial charge in [0.05, 0.1) is 11.6 Å². The van der Waals surface area contributed by atoms with E-state index in [1.165, 1.54) is 7.11 Å². The summed E-state index contributed by atoms with van der Waals surface area (Å²) in [5.74, 6) is 1.01. The number of carbonyl (C=O) groups is 2. The van der Waals surface area contributed by atoms with Crippen LogP contribution in [0.4, 0.5) is 10.6 Å². The van der Waals surface area contributed by atoms with Crippen LogP contribution in [0.1, 0.15) is 44.2 Å². The van der Waals surface area contributed by atoms with Gasteiger partial charge in [-0.15, -0.1) is 0 Å². The maximum Gasteiger partial charge on any atom is 0.416 e. The lowest BCUT2D eigenvalue weighted by Crippen LogP contribution is -2.43. The van der Waals surface area contributed by atoms with Crippen molar-refractivity contribution in [2.45, 2.75) is 45.2 Å². The molecule has 0 aliphatic carbocycles. The Morgan fingerprint density at radius 2 is 2.20 bits per heavy atom. The SMILES string of the molecule is COCC(=O)N1CCC[C@H]1c1nc(C)cc(N2C(=O)OCC2(C)C)n1. The van der Waals surface area contributed by atoms with E-state index in [1.807, 2.05) is 20.8 Å². The van der Waals surface area contributed by atoms with Crippen LogP contribution in [0.5, 0.6) is 0 Å². The van der Waals surface area contributed by atoms with E-state index in [9.17, 15) is 9.59 Å². The minimum Gasteiger partial charge on any atom is -0.447 e. The molecule has 8 heteroatoms. The topological polar surface area (TPSA) is 84.9 Å². The first-order valence-corrected chi connectivity index (χ1v) is 8.44. The number of likely N-dealkylation sites (tertiary alicyclic amines) is 1. The maximum absolute atomic E-state index is 12.3. The van der Waals surface area contributed by atoms with Gasteiger partial charge in [-0.2, -0.15) is 0 Å². The van der Waals surface area contributed by atoms with E-state index in [-0.39, 0.29) is 18.6 Å². The zero-order valence-corrected chi connectivity index (χ0v) is 15.1. The molecule has 0 spiro atoms. The van der Waals surface area contributed by atoms with Crippen molar-refractivity contribution < 1.29 is 19.1 Å². The Bertz CT molecular complexity index is 691. The molecule has 0 aromatic carbocycles. The molecule has 0 unspecified atom stereocenters. The van der Waals surface area contributed by atoms with Crippen LogP contribution in [0.3, 0.4) is 0 Å². The number of hydrogen-bond donors (Lipinski definition) is 0. The molecule has 0 bridgehead atoms. The molecule has 1 atom stereocenters. The highest BCUT2D eigenvalue weighted by molar-refractivity contribution is 5.90. The van der Waals surface area contributed by atoms with Crippen molar-refractivity contribution >= 4 is 17.8 Å². The number of aromatic nitrogens is 2. The van der Waals surface area contributed by atoms with Crippen molar-refractivity contribution in [3.05, 3.63) is 17.6 Å². The van der Waals surface area contributed by atoms with Crippen LogP contribution < -0.4 is 4.90 Å². The first-order valence-electron chi connectivity index (χ1n) is 8.44. The molecule has 0 N–H and O–H groups in total. The molecular weight excluding hydrogens is 324 g/mol. The van der Waals surface area contributed by atoms with Crippen molar-refractivity contribution in [3.63, 3.8) is 0 Å². The van der Waals surface area contributed by atoms with Crippen molar-refractivity contribution in [3.8, 4) is 0 Å². The molecule has 0 radical (unpaired) electrons. The van der Waals surface area contributed by atoms with Gasteiger partial charge in [0.15, 0.2) is 5.82 Å². The third-order valence-corrected chi connectivity index (χ3v) is 4.56. The summed E-state index contributed by atoms with van der Waals surface area (Å²) in [5.41, 5.74) is 0.276. The lowest BCUT2D eigenvalue weighted by Gasteiger charge is -2.28. The molecule has 1 aromatic heterocycles. The van der Waals surface area contributed by atoms with Gasteiger partial charge >= 0.3 is 6.09 Å². The monoisotopic (exact) mass is 348 g/mol. The highest BCUT2D eigenvalue weighted by Crippen LogP contribution is 2.34. The summed E-state index contributed by atoms with van der Waals surface area (Å²) >= 11 is 0. The van der Waals surface area contributed by atoms with Crippen LogP contribution in [0, 0.1) is 6.92 Å². The number of ether oxygens (including phenoxy) is 2. The quantitative estimate of drug-likeness (QED) is 0.825. The second-order valence-corrected chi connectivity index (χ2v) is 7.11. The van der Waals surface area contributed by atoms with Gasteiger partial charge < -0.3 is 14.4 Å². The molecule has 2 amide bonds. The fourth-order valence-electron chi connectivity index (χ4n) is 3.40. The fourth-order valence-corrected chi connectivity index (χ4v) is 3.40. The van der Waals surface area contributed by atoms with Gasteiger partial charge in [0, 0.05) is 25.4 Å². The number of methoxy groups -OCH3 is 1. The average molecular weight is 348 g/mol. The summed E-state index contributed by atoms with van der Waals surface area (Å²) in [4.78, 5) is 36.9. The Kier molecular flexibility index (Phi) is 4.64. The minimum atomic E-state index is -0.476. The van der Waals surface area contributed by atoms with Crippen LogP contribution in [0.25, 0.3) is 0 Å². The molecule has 136 valence electrons. The predicted molar refractivity (Wildman–Crippen MR) is 90.2 cm³/mol. The Morgan fingerprint density at radius 1 is 1.44 bits per heavy atom. The Morgan fingerprint density at radius 3 is 2.84 bits per heavy atom. The third kappa shape index (κ3) is 3.30. The van der Waals surface area contributed by atoms with Crippen molar-refractivity contribution in [2.75, 3.05) is 31.8 Å². The number of hydrogen-bond acceptors (Lipinski definition) is 6. The zero-order chi connectivity index (χ0) is 18.2. The molecule has 1 aromatic rings. The molecule has 25 heavy (non-hydrogen) atoms. The van der Waals surface area contributed by atoms with E-state index in [0.29, 0.717) is 24.8 Å². The summed E-state index contributed by atoms with van der Waals surface area (Å²) in [6, 6.07) is 1.58. The average Bonchev–Trinajstić information content (AvgIpc) is 3.11. The molecule has 2 aliphatic rings. The number of rotatable bonds is 4. The van der Waals surface area contributed by atoms with Gasteiger partial charge in [-0.3, -0.25) is 9.69 Å². The summed E-state index contributed by atoms with van der Waals surface area (Å²) < 4.78 is 10.1. The molecule has 3 rings (SSSR count). The summed E-state index contributed by atoms with van der Waals surface area (Å²) in [6.45, 7) is 6.74. The van der Waals surface area contributed by atoms with Crippen LogP contribution in [-0.2, 0) is 14.3 Å². The van der Waals surface area contributed by atoms with Gasteiger partial charge in [-0.05, 0) is 33.6 Å². The number of amides is 2. The highest BCUT2D eigenvalue weighted by Gasteiger charge is 2.42. The minimum absolute atomic E-state index is 0.0423. The molecule has 0 saturated carbocycles. The normalized spacial score (nSPS) is 22.4. The molecule has 2 saturated heterocycles. The number of aryl methyl sites for hydroxylation is 1.